The predicted octanol–water partition coefficient (Wildman–Crippen LogP) is 3.86. The van der Waals surface area contributed by atoms with Crippen LogP contribution < -0.4 is 0 Å². The highest BCUT2D eigenvalue weighted by Crippen LogP contribution is 2.39. The molecule has 1 heteroatoms. The Hall–Kier alpha value is -0.0400. The lowest BCUT2D eigenvalue weighted by molar-refractivity contribution is -0.0271. The van der Waals surface area contributed by atoms with E-state index in [4.69, 9.17) is 0 Å². The zero-order valence-corrected chi connectivity index (χ0v) is 10.9. The van der Waals surface area contributed by atoms with Crippen molar-refractivity contribution in [3.05, 3.63) is 0 Å². The van der Waals surface area contributed by atoms with Crippen LogP contribution in [0.5, 0.6) is 0 Å². The fourth-order valence-corrected chi connectivity index (χ4v) is 3.10. The number of rotatable bonds is 4. The smallest absolute Gasteiger partial charge is 0.0601 e. The van der Waals surface area contributed by atoms with Gasteiger partial charge in [0.25, 0.3) is 0 Å². The monoisotopic (exact) mass is 212 g/mol. The largest absolute Gasteiger partial charge is 0.393 e. The summed E-state index contributed by atoms with van der Waals surface area (Å²) in [6, 6.07) is 0. The van der Waals surface area contributed by atoms with Gasteiger partial charge in [-0.15, -0.1) is 0 Å². The molecule has 4 atom stereocenters. The zero-order chi connectivity index (χ0) is 11.4. The number of aliphatic hydroxyl groups excluding tert-OH is 1. The van der Waals surface area contributed by atoms with E-state index < -0.39 is 0 Å². The highest BCUT2D eigenvalue weighted by molar-refractivity contribution is 4.86. The third-order valence-corrected chi connectivity index (χ3v) is 4.70. The summed E-state index contributed by atoms with van der Waals surface area (Å²) in [4.78, 5) is 0. The molecule has 0 aromatic carbocycles. The molecular weight excluding hydrogens is 184 g/mol. The van der Waals surface area contributed by atoms with E-state index in [2.05, 4.69) is 27.7 Å². The van der Waals surface area contributed by atoms with Crippen molar-refractivity contribution in [2.45, 2.75) is 65.9 Å². The van der Waals surface area contributed by atoms with Crippen LogP contribution in [0.3, 0.4) is 0 Å². The topological polar surface area (TPSA) is 20.2 Å². The van der Waals surface area contributed by atoms with Crippen LogP contribution in [0.2, 0.25) is 0 Å². The van der Waals surface area contributed by atoms with Gasteiger partial charge in [0, 0.05) is 0 Å². The van der Waals surface area contributed by atoms with Crippen LogP contribution in [0, 0.1) is 23.7 Å². The molecule has 1 rings (SSSR count). The summed E-state index contributed by atoms with van der Waals surface area (Å²) in [5, 5.41) is 10.4. The molecule has 0 aromatic heterocycles. The van der Waals surface area contributed by atoms with Crippen LogP contribution in [-0.2, 0) is 0 Å². The standard InChI is InChI=1S/C14H28O/c1-5-10(3)12-8-7-9-13(14(12)15)11(4)6-2/h10-15H,5-9H2,1-4H3. The fourth-order valence-electron chi connectivity index (χ4n) is 3.10. The molecule has 1 saturated carbocycles. The van der Waals surface area contributed by atoms with Crippen LogP contribution in [0.1, 0.15) is 59.8 Å². The minimum Gasteiger partial charge on any atom is -0.393 e. The van der Waals surface area contributed by atoms with Gasteiger partial charge in [0.05, 0.1) is 6.10 Å². The molecule has 1 N–H and O–H groups in total. The van der Waals surface area contributed by atoms with Gasteiger partial charge < -0.3 is 5.11 Å². The Morgan fingerprint density at radius 3 is 1.73 bits per heavy atom. The molecular formula is C14H28O. The van der Waals surface area contributed by atoms with Crippen molar-refractivity contribution in [2.24, 2.45) is 23.7 Å². The van der Waals surface area contributed by atoms with E-state index in [9.17, 15) is 5.11 Å². The van der Waals surface area contributed by atoms with Crippen LogP contribution in [0.4, 0.5) is 0 Å². The second kappa shape index (κ2) is 5.89. The summed E-state index contributed by atoms with van der Waals surface area (Å²) in [5.74, 6) is 2.49. The van der Waals surface area contributed by atoms with Gasteiger partial charge in [-0.2, -0.15) is 0 Å². The minimum atomic E-state index is -0.0383. The van der Waals surface area contributed by atoms with E-state index in [1.54, 1.807) is 0 Å². The van der Waals surface area contributed by atoms with Crippen molar-refractivity contribution in [1.29, 1.82) is 0 Å². The molecule has 0 amide bonds. The summed E-state index contributed by atoms with van der Waals surface area (Å²) in [7, 11) is 0. The lowest BCUT2D eigenvalue weighted by Gasteiger charge is -2.40. The molecule has 1 nitrogen and oxygen atoms in total. The van der Waals surface area contributed by atoms with E-state index in [1.165, 1.54) is 32.1 Å². The maximum absolute atomic E-state index is 10.4. The van der Waals surface area contributed by atoms with Gasteiger partial charge in [0.1, 0.15) is 0 Å². The van der Waals surface area contributed by atoms with Crippen LogP contribution >= 0.6 is 0 Å². The zero-order valence-electron chi connectivity index (χ0n) is 10.9. The van der Waals surface area contributed by atoms with Crippen molar-refractivity contribution >= 4 is 0 Å². The summed E-state index contributed by atoms with van der Waals surface area (Å²) < 4.78 is 0. The Bertz CT molecular complexity index is 160. The molecule has 0 heterocycles. The Morgan fingerprint density at radius 1 is 1.00 bits per heavy atom. The number of aliphatic hydroxyl groups is 1. The van der Waals surface area contributed by atoms with Crippen LogP contribution in [-0.4, -0.2) is 11.2 Å². The Labute approximate surface area is 95.3 Å². The molecule has 0 aliphatic heterocycles. The lowest BCUT2D eigenvalue weighted by Crippen LogP contribution is -2.39. The molecule has 1 fully saturated rings. The van der Waals surface area contributed by atoms with E-state index in [1.807, 2.05) is 0 Å². The third-order valence-electron chi connectivity index (χ3n) is 4.70. The number of hydrogen-bond donors (Lipinski definition) is 1. The average molecular weight is 212 g/mol. The first-order valence-electron chi connectivity index (χ1n) is 6.79. The van der Waals surface area contributed by atoms with E-state index in [0.29, 0.717) is 23.7 Å². The van der Waals surface area contributed by atoms with Gasteiger partial charge in [-0.1, -0.05) is 47.0 Å². The van der Waals surface area contributed by atoms with Crippen molar-refractivity contribution in [2.75, 3.05) is 0 Å². The molecule has 4 unspecified atom stereocenters. The summed E-state index contributed by atoms with van der Waals surface area (Å²) in [6.45, 7) is 9.08. The van der Waals surface area contributed by atoms with Crippen molar-refractivity contribution in [1.82, 2.24) is 0 Å². The van der Waals surface area contributed by atoms with E-state index in [0.717, 1.165) is 0 Å². The highest BCUT2D eigenvalue weighted by Gasteiger charge is 2.36. The summed E-state index contributed by atoms with van der Waals surface area (Å²) >= 11 is 0. The SMILES string of the molecule is CCC(C)C1CCCC(C(C)CC)C1O. The van der Waals surface area contributed by atoms with Gasteiger partial charge in [0.15, 0.2) is 0 Å². The fraction of sp³-hybridized carbons (Fsp3) is 1.00. The second-order valence-corrected chi connectivity index (χ2v) is 5.52. The molecule has 1 aliphatic carbocycles. The molecule has 0 aromatic rings. The lowest BCUT2D eigenvalue weighted by atomic mass is 9.68. The summed E-state index contributed by atoms with van der Waals surface area (Å²) in [5.41, 5.74) is 0. The van der Waals surface area contributed by atoms with Gasteiger partial charge in [-0.05, 0) is 36.5 Å². The Kier molecular flexibility index (Phi) is 5.11. The van der Waals surface area contributed by atoms with E-state index in [-0.39, 0.29) is 6.10 Å². The van der Waals surface area contributed by atoms with Crippen molar-refractivity contribution in [3.63, 3.8) is 0 Å². The van der Waals surface area contributed by atoms with Gasteiger partial charge in [0.2, 0.25) is 0 Å². The summed E-state index contributed by atoms with van der Waals surface area (Å²) in [6.07, 6.45) is 6.17. The molecule has 0 radical (unpaired) electrons. The van der Waals surface area contributed by atoms with Crippen LogP contribution in [0.25, 0.3) is 0 Å². The Balaban J connectivity index is 2.62. The molecule has 0 saturated heterocycles. The maximum Gasteiger partial charge on any atom is 0.0601 e. The average Bonchev–Trinajstić information content (AvgIpc) is 2.27. The molecule has 15 heavy (non-hydrogen) atoms. The highest BCUT2D eigenvalue weighted by atomic mass is 16.3. The Morgan fingerprint density at radius 2 is 1.40 bits per heavy atom. The maximum atomic E-state index is 10.4. The number of hydrogen-bond acceptors (Lipinski definition) is 1. The molecule has 0 spiro atoms. The molecule has 1 aliphatic rings. The van der Waals surface area contributed by atoms with Gasteiger partial charge >= 0.3 is 0 Å². The quantitative estimate of drug-likeness (QED) is 0.750. The van der Waals surface area contributed by atoms with Crippen molar-refractivity contribution in [3.8, 4) is 0 Å². The normalized spacial score (nSPS) is 36.2. The first-order valence-corrected chi connectivity index (χ1v) is 6.79. The van der Waals surface area contributed by atoms with Crippen molar-refractivity contribution < 1.29 is 5.11 Å². The molecule has 0 bridgehead atoms. The first-order chi connectivity index (χ1) is 7.11. The van der Waals surface area contributed by atoms with Crippen LogP contribution in [0.15, 0.2) is 0 Å². The van der Waals surface area contributed by atoms with Gasteiger partial charge in [-0.3, -0.25) is 0 Å². The second-order valence-electron chi connectivity index (χ2n) is 5.52. The van der Waals surface area contributed by atoms with Gasteiger partial charge in [-0.25, -0.2) is 0 Å². The molecule has 90 valence electrons. The van der Waals surface area contributed by atoms with E-state index >= 15 is 0 Å². The predicted molar refractivity (Wildman–Crippen MR) is 65.7 cm³/mol. The minimum absolute atomic E-state index is 0.0383. The third kappa shape index (κ3) is 2.96. The first kappa shape index (κ1) is 13.0.